The zero-order chi connectivity index (χ0) is 13.1. The van der Waals surface area contributed by atoms with E-state index in [0.717, 1.165) is 9.90 Å². The van der Waals surface area contributed by atoms with E-state index in [9.17, 15) is 4.79 Å². The minimum Gasteiger partial charge on any atom is -0.396 e. The number of thiophene rings is 1. The number of rotatable bonds is 4. The molecule has 0 saturated heterocycles. The molecule has 0 spiro atoms. The summed E-state index contributed by atoms with van der Waals surface area (Å²) in [5, 5.41) is 4.53. The van der Waals surface area contributed by atoms with Gasteiger partial charge in [-0.2, -0.15) is 0 Å². The van der Waals surface area contributed by atoms with E-state index < -0.39 is 5.91 Å². The number of nitrogens with one attached hydrogen (secondary N) is 1. The van der Waals surface area contributed by atoms with Crippen LogP contribution in [0.4, 0.5) is 10.7 Å². The zero-order valence-electron chi connectivity index (χ0n) is 10.5. The average molecular weight is 285 g/mol. The van der Waals surface area contributed by atoms with Crippen molar-refractivity contribution in [3.63, 3.8) is 0 Å². The van der Waals surface area contributed by atoms with E-state index in [0.29, 0.717) is 16.6 Å². The highest BCUT2D eigenvalue weighted by molar-refractivity contribution is 7.99. The van der Waals surface area contributed by atoms with Crippen LogP contribution >= 0.6 is 23.1 Å². The average Bonchev–Trinajstić information content (AvgIpc) is 2.67. The molecule has 1 saturated carbocycles. The Balaban J connectivity index is 2.20. The van der Waals surface area contributed by atoms with Gasteiger partial charge in [0.15, 0.2) is 0 Å². The van der Waals surface area contributed by atoms with Gasteiger partial charge in [0, 0.05) is 6.04 Å². The fraction of sp³-hybridized carbons (Fsp3) is 0.583. The third kappa shape index (κ3) is 2.75. The highest BCUT2D eigenvalue weighted by Crippen LogP contribution is 2.42. The molecular formula is C12H19N3OS2. The third-order valence-corrected chi connectivity index (χ3v) is 5.38. The Morgan fingerprint density at radius 2 is 2.06 bits per heavy atom. The molecule has 6 heteroatoms. The van der Waals surface area contributed by atoms with E-state index in [2.05, 4.69) is 5.32 Å². The summed E-state index contributed by atoms with van der Waals surface area (Å²) in [5.74, 6) is -0.440. The highest BCUT2D eigenvalue weighted by Gasteiger charge is 2.21. The first-order valence-corrected chi connectivity index (χ1v) is 8.20. The van der Waals surface area contributed by atoms with Crippen molar-refractivity contribution in [2.24, 2.45) is 5.73 Å². The zero-order valence-corrected chi connectivity index (χ0v) is 12.1. The monoisotopic (exact) mass is 285 g/mol. The van der Waals surface area contributed by atoms with E-state index in [4.69, 9.17) is 11.5 Å². The van der Waals surface area contributed by atoms with Crippen LogP contribution in [0.3, 0.4) is 0 Å². The number of thioether (sulfide) groups is 1. The summed E-state index contributed by atoms with van der Waals surface area (Å²) >= 11 is 2.94. The molecule has 1 heterocycles. The maximum Gasteiger partial charge on any atom is 0.261 e. The molecule has 0 radical (unpaired) electrons. The quantitative estimate of drug-likeness (QED) is 0.743. The summed E-state index contributed by atoms with van der Waals surface area (Å²) < 4.78 is 0. The number of nitrogen functional groups attached to an aromatic ring is 1. The number of primary amides is 1. The second kappa shape index (κ2) is 5.84. The molecule has 1 amide bonds. The molecule has 0 unspecified atom stereocenters. The summed E-state index contributed by atoms with van der Waals surface area (Å²) in [4.78, 5) is 12.7. The van der Waals surface area contributed by atoms with Gasteiger partial charge in [0.05, 0.1) is 10.6 Å². The first-order chi connectivity index (χ1) is 8.63. The van der Waals surface area contributed by atoms with Crippen LogP contribution < -0.4 is 16.8 Å². The van der Waals surface area contributed by atoms with Crippen LogP contribution in [-0.4, -0.2) is 18.2 Å². The van der Waals surface area contributed by atoms with Gasteiger partial charge in [0.2, 0.25) is 0 Å². The summed E-state index contributed by atoms with van der Waals surface area (Å²) in [5.41, 5.74) is 11.8. The van der Waals surface area contributed by atoms with Gasteiger partial charge < -0.3 is 16.8 Å². The number of carbonyl (C=O) groups is 1. The molecule has 1 aliphatic rings. The standard InChI is InChI=1S/C12H19N3OS2/c1-17-10-8(13)9(11(14)16)18-12(10)15-7-5-3-2-4-6-7/h7,15H,2-6,13H2,1H3,(H2,14,16). The molecule has 1 aliphatic carbocycles. The summed E-state index contributed by atoms with van der Waals surface area (Å²) in [6.45, 7) is 0. The molecule has 4 nitrogen and oxygen atoms in total. The van der Waals surface area contributed by atoms with Crippen LogP contribution in [0.15, 0.2) is 4.90 Å². The molecule has 0 bridgehead atoms. The smallest absolute Gasteiger partial charge is 0.261 e. The van der Waals surface area contributed by atoms with Crippen LogP contribution in [0.2, 0.25) is 0 Å². The predicted octanol–water partition coefficient (Wildman–Crippen LogP) is 2.90. The second-order valence-corrected chi connectivity index (χ2v) is 6.39. The maximum absolute atomic E-state index is 11.3. The Hall–Kier alpha value is -0.880. The maximum atomic E-state index is 11.3. The summed E-state index contributed by atoms with van der Waals surface area (Å²) in [6.07, 6.45) is 8.22. The van der Waals surface area contributed by atoms with Crippen LogP contribution in [-0.2, 0) is 0 Å². The third-order valence-electron chi connectivity index (χ3n) is 3.27. The Kier molecular flexibility index (Phi) is 4.40. The molecule has 0 atom stereocenters. The SMILES string of the molecule is CSc1c(NC2CCCCC2)sc(C(N)=O)c1N. The van der Waals surface area contributed by atoms with E-state index in [1.54, 1.807) is 11.8 Å². The van der Waals surface area contributed by atoms with Crippen molar-refractivity contribution >= 4 is 39.7 Å². The van der Waals surface area contributed by atoms with Crippen molar-refractivity contribution in [1.82, 2.24) is 0 Å². The van der Waals surface area contributed by atoms with E-state index in [1.165, 1.54) is 43.4 Å². The fourth-order valence-electron chi connectivity index (χ4n) is 2.34. The molecular weight excluding hydrogens is 266 g/mol. The van der Waals surface area contributed by atoms with Crippen molar-refractivity contribution in [3.05, 3.63) is 4.88 Å². The van der Waals surface area contributed by atoms with Crippen molar-refractivity contribution in [2.45, 2.75) is 43.0 Å². The lowest BCUT2D eigenvalue weighted by Crippen LogP contribution is -2.21. The first-order valence-electron chi connectivity index (χ1n) is 6.16. The Labute approximate surface area is 115 Å². The topological polar surface area (TPSA) is 81.1 Å². The largest absolute Gasteiger partial charge is 0.396 e. The lowest BCUT2D eigenvalue weighted by atomic mass is 9.96. The number of carbonyl (C=O) groups excluding carboxylic acids is 1. The summed E-state index contributed by atoms with van der Waals surface area (Å²) in [6, 6.07) is 0.503. The van der Waals surface area contributed by atoms with Crippen LogP contribution in [0.1, 0.15) is 41.8 Å². The predicted molar refractivity (Wildman–Crippen MR) is 79.5 cm³/mol. The van der Waals surface area contributed by atoms with Crippen LogP contribution in [0.25, 0.3) is 0 Å². The first kappa shape index (κ1) is 13.5. The molecule has 1 aromatic heterocycles. The van der Waals surface area contributed by atoms with Gasteiger partial charge in [0.25, 0.3) is 5.91 Å². The van der Waals surface area contributed by atoms with Gasteiger partial charge in [-0.15, -0.1) is 23.1 Å². The van der Waals surface area contributed by atoms with Gasteiger partial charge in [-0.1, -0.05) is 19.3 Å². The number of amides is 1. The van der Waals surface area contributed by atoms with E-state index >= 15 is 0 Å². The number of hydrogen-bond donors (Lipinski definition) is 3. The molecule has 1 aromatic rings. The lowest BCUT2D eigenvalue weighted by Gasteiger charge is -2.23. The fourth-order valence-corrected chi connectivity index (χ4v) is 4.29. The van der Waals surface area contributed by atoms with Crippen molar-refractivity contribution in [1.29, 1.82) is 0 Å². The van der Waals surface area contributed by atoms with Gasteiger partial charge in [-0.05, 0) is 19.1 Å². The summed E-state index contributed by atoms with van der Waals surface area (Å²) in [7, 11) is 0. The second-order valence-electron chi connectivity index (χ2n) is 4.55. The Bertz CT molecular complexity index is 439. The van der Waals surface area contributed by atoms with E-state index in [-0.39, 0.29) is 0 Å². The van der Waals surface area contributed by atoms with Gasteiger partial charge in [-0.3, -0.25) is 4.79 Å². The Morgan fingerprint density at radius 1 is 1.39 bits per heavy atom. The normalized spacial score (nSPS) is 16.7. The van der Waals surface area contributed by atoms with Crippen LogP contribution in [0, 0.1) is 0 Å². The molecule has 0 aromatic carbocycles. The molecule has 2 rings (SSSR count). The number of anilines is 2. The Morgan fingerprint density at radius 3 is 2.61 bits per heavy atom. The van der Waals surface area contributed by atoms with Gasteiger partial charge in [-0.25, -0.2) is 0 Å². The molecule has 1 fully saturated rings. The van der Waals surface area contributed by atoms with E-state index in [1.807, 2.05) is 6.26 Å². The van der Waals surface area contributed by atoms with Crippen molar-refractivity contribution in [3.8, 4) is 0 Å². The minimum atomic E-state index is -0.440. The lowest BCUT2D eigenvalue weighted by molar-refractivity contribution is 0.100. The number of nitrogens with two attached hydrogens (primary N) is 2. The molecule has 100 valence electrons. The van der Waals surface area contributed by atoms with Crippen molar-refractivity contribution in [2.75, 3.05) is 17.3 Å². The van der Waals surface area contributed by atoms with Crippen LogP contribution in [0.5, 0.6) is 0 Å². The highest BCUT2D eigenvalue weighted by atomic mass is 32.2. The van der Waals surface area contributed by atoms with Gasteiger partial charge in [0.1, 0.15) is 9.88 Å². The van der Waals surface area contributed by atoms with Gasteiger partial charge >= 0.3 is 0 Å². The minimum absolute atomic E-state index is 0.440. The molecule has 18 heavy (non-hydrogen) atoms. The number of hydrogen-bond acceptors (Lipinski definition) is 5. The van der Waals surface area contributed by atoms with Crippen molar-refractivity contribution < 1.29 is 4.79 Å². The molecule has 5 N–H and O–H groups in total. The molecule has 0 aliphatic heterocycles.